The van der Waals surface area contributed by atoms with E-state index in [4.69, 9.17) is 5.73 Å². The van der Waals surface area contributed by atoms with Crippen LogP contribution in [-0.4, -0.2) is 45.9 Å². The molecule has 4 aromatic rings. The van der Waals surface area contributed by atoms with Gasteiger partial charge in [-0.2, -0.15) is 0 Å². The molecule has 2 heterocycles. The summed E-state index contributed by atoms with van der Waals surface area (Å²) in [6.07, 6.45) is 4.18. The number of nitrogens with one attached hydrogen (secondary N) is 5. The molecule has 0 spiro atoms. The Bertz CT molecular complexity index is 1350. The van der Waals surface area contributed by atoms with Gasteiger partial charge in [0, 0.05) is 47.0 Å². The third-order valence-corrected chi connectivity index (χ3v) is 5.99. The fraction of sp³-hybridized carbons (Fsp3) is 0.269. The molecule has 0 unspecified atom stereocenters. The summed E-state index contributed by atoms with van der Waals surface area (Å²) in [4.78, 5) is 43.8. The van der Waals surface area contributed by atoms with E-state index in [-0.39, 0.29) is 6.42 Å². The fourth-order valence-electron chi connectivity index (χ4n) is 4.10. The summed E-state index contributed by atoms with van der Waals surface area (Å²) in [6, 6.07) is 14.6. The summed E-state index contributed by atoms with van der Waals surface area (Å²) in [6.45, 7) is 3.16. The van der Waals surface area contributed by atoms with Crippen LogP contribution in [0.3, 0.4) is 0 Å². The number of rotatable bonds is 10. The molecule has 3 amide bonds. The molecule has 2 aromatic carbocycles. The number of hydrogen-bond donors (Lipinski definition) is 6. The highest BCUT2D eigenvalue weighted by Gasteiger charge is 2.30. The molecule has 0 saturated carbocycles. The van der Waals surface area contributed by atoms with E-state index in [9.17, 15) is 14.4 Å². The van der Waals surface area contributed by atoms with Crippen LogP contribution in [0.25, 0.3) is 21.8 Å². The van der Waals surface area contributed by atoms with Crippen molar-refractivity contribution >= 4 is 40.0 Å². The highest BCUT2D eigenvalue weighted by molar-refractivity contribution is 5.92. The van der Waals surface area contributed by atoms with Crippen molar-refractivity contribution in [3.63, 3.8) is 0 Å². The molecule has 0 radical (unpaired) electrons. The minimum absolute atomic E-state index is 0.249. The molecular weight excluding hydrogens is 444 g/mol. The topological polar surface area (TPSA) is 145 Å². The van der Waals surface area contributed by atoms with Gasteiger partial charge in [-0.1, -0.05) is 36.4 Å². The van der Waals surface area contributed by atoms with Gasteiger partial charge in [-0.05, 0) is 37.1 Å². The Balaban J connectivity index is 1.56. The van der Waals surface area contributed by atoms with Gasteiger partial charge in [0.15, 0.2) is 0 Å². The van der Waals surface area contributed by atoms with Crippen LogP contribution in [0.1, 0.15) is 25.0 Å². The van der Waals surface area contributed by atoms with Crippen molar-refractivity contribution in [1.29, 1.82) is 0 Å². The number of carbonyl (C=O) groups excluding carboxylic acids is 3. The number of benzene rings is 2. The van der Waals surface area contributed by atoms with Crippen molar-refractivity contribution in [2.24, 2.45) is 5.73 Å². The Morgan fingerprint density at radius 2 is 1.46 bits per heavy atom. The fourth-order valence-corrected chi connectivity index (χ4v) is 4.10. The van der Waals surface area contributed by atoms with E-state index < -0.39 is 29.6 Å². The number of aromatic nitrogens is 2. The number of carbonyl (C=O) groups is 3. The maximum atomic E-state index is 13.4. The highest BCUT2D eigenvalue weighted by atomic mass is 16.2. The molecule has 0 aliphatic heterocycles. The Hall–Kier alpha value is -4.11. The number of hydrogen-bond acceptors (Lipinski definition) is 4. The Morgan fingerprint density at radius 3 is 2.00 bits per heavy atom. The van der Waals surface area contributed by atoms with Gasteiger partial charge in [-0.25, -0.2) is 0 Å². The van der Waals surface area contributed by atoms with Crippen molar-refractivity contribution in [2.45, 2.75) is 44.4 Å². The molecule has 2 atom stereocenters. The first kappa shape index (κ1) is 24.0. The Morgan fingerprint density at radius 1 is 0.914 bits per heavy atom. The van der Waals surface area contributed by atoms with Crippen molar-refractivity contribution in [3.8, 4) is 0 Å². The van der Waals surface area contributed by atoms with E-state index in [1.807, 2.05) is 60.9 Å². The lowest BCUT2D eigenvalue weighted by Crippen LogP contribution is -2.59. The van der Waals surface area contributed by atoms with E-state index in [2.05, 4.69) is 25.9 Å². The molecule has 9 heteroatoms. The quantitative estimate of drug-likeness (QED) is 0.154. The molecule has 7 N–H and O–H groups in total. The van der Waals surface area contributed by atoms with Crippen LogP contribution >= 0.6 is 0 Å². The third-order valence-electron chi connectivity index (χ3n) is 5.99. The molecule has 182 valence electrons. The molecule has 0 fully saturated rings. The number of amides is 3. The van der Waals surface area contributed by atoms with Crippen molar-refractivity contribution < 1.29 is 14.4 Å². The second kappa shape index (κ2) is 10.0. The lowest BCUT2D eigenvalue weighted by atomic mass is 10.0. The van der Waals surface area contributed by atoms with Gasteiger partial charge < -0.3 is 31.7 Å². The van der Waals surface area contributed by atoms with Crippen molar-refractivity contribution in [2.75, 3.05) is 0 Å². The van der Waals surface area contributed by atoms with Gasteiger partial charge in [-0.15, -0.1) is 0 Å². The van der Waals surface area contributed by atoms with Crippen molar-refractivity contribution in [3.05, 3.63) is 72.1 Å². The molecule has 2 aromatic heterocycles. The van der Waals surface area contributed by atoms with E-state index in [0.29, 0.717) is 12.8 Å². The molecule has 0 bridgehead atoms. The number of nitrogens with two attached hydrogens (primary N) is 1. The lowest BCUT2D eigenvalue weighted by molar-refractivity contribution is -0.131. The first-order valence-electron chi connectivity index (χ1n) is 11.5. The van der Waals surface area contributed by atoms with Gasteiger partial charge in [0.25, 0.3) is 0 Å². The Kier molecular flexibility index (Phi) is 6.88. The normalized spacial score (nSPS) is 13.3. The largest absolute Gasteiger partial charge is 0.361 e. The third kappa shape index (κ3) is 5.52. The second-order valence-electron chi connectivity index (χ2n) is 9.22. The molecular formula is C26H30N6O3. The summed E-state index contributed by atoms with van der Waals surface area (Å²) in [5.41, 5.74) is 8.54. The predicted octanol–water partition coefficient (Wildman–Crippen LogP) is 1.84. The van der Waals surface area contributed by atoms with Crippen molar-refractivity contribution in [1.82, 2.24) is 25.9 Å². The zero-order valence-electron chi connectivity index (χ0n) is 19.7. The van der Waals surface area contributed by atoms with Crippen LogP contribution in [-0.2, 0) is 27.2 Å². The molecule has 9 nitrogen and oxygen atoms in total. The number of fused-ring (bicyclic) bond motifs is 2. The monoisotopic (exact) mass is 474 g/mol. The number of para-hydroxylation sites is 2. The summed E-state index contributed by atoms with van der Waals surface area (Å²) in [5, 5.41) is 10.3. The zero-order valence-corrected chi connectivity index (χ0v) is 19.7. The summed E-state index contributed by atoms with van der Waals surface area (Å²) >= 11 is 0. The summed E-state index contributed by atoms with van der Waals surface area (Å²) in [5.74, 6) is -0.874. The van der Waals surface area contributed by atoms with Gasteiger partial charge in [0.05, 0.1) is 5.54 Å². The first-order valence-corrected chi connectivity index (χ1v) is 11.5. The highest BCUT2D eigenvalue weighted by Crippen LogP contribution is 2.20. The van der Waals surface area contributed by atoms with Crippen LogP contribution in [0, 0.1) is 0 Å². The average molecular weight is 475 g/mol. The smallest absolute Gasteiger partial charge is 0.244 e. The van der Waals surface area contributed by atoms with Gasteiger partial charge in [0.1, 0.15) is 12.2 Å². The zero-order chi connectivity index (χ0) is 25.0. The van der Waals surface area contributed by atoms with Gasteiger partial charge in [0.2, 0.25) is 18.2 Å². The van der Waals surface area contributed by atoms with E-state index in [1.54, 1.807) is 13.8 Å². The minimum Gasteiger partial charge on any atom is -0.361 e. The molecule has 4 rings (SSSR count). The molecule has 0 aliphatic rings. The van der Waals surface area contributed by atoms with Gasteiger partial charge in [-0.3, -0.25) is 14.4 Å². The van der Waals surface area contributed by atoms with E-state index in [0.717, 1.165) is 32.9 Å². The maximum absolute atomic E-state index is 13.4. The van der Waals surface area contributed by atoms with Gasteiger partial charge >= 0.3 is 0 Å². The molecule has 0 aliphatic carbocycles. The summed E-state index contributed by atoms with van der Waals surface area (Å²) in [7, 11) is 0. The second-order valence-corrected chi connectivity index (χ2v) is 9.22. The molecule has 0 saturated heterocycles. The van der Waals surface area contributed by atoms with Crippen LogP contribution in [0.5, 0.6) is 0 Å². The maximum Gasteiger partial charge on any atom is 0.244 e. The van der Waals surface area contributed by atoms with Crippen LogP contribution in [0.15, 0.2) is 60.9 Å². The summed E-state index contributed by atoms with van der Waals surface area (Å²) < 4.78 is 0. The van der Waals surface area contributed by atoms with E-state index in [1.165, 1.54) is 0 Å². The number of H-pyrrole nitrogens is 2. The standard InChI is InChI=1S/C26H30N6O3/c1-26(2,27)25(35)31-22(11-16-13-28-20-9-5-3-7-18(16)20)24(34)32-23(30-15-33)12-17-14-29-21-10-6-4-8-19(17)21/h3-10,13-15,22-23,28-29H,11-12,27H2,1-2H3,(H,30,33)(H,31,35)(H,32,34)/t22-,23+/m0/s1. The predicted molar refractivity (Wildman–Crippen MR) is 135 cm³/mol. The Labute approximate surface area is 202 Å². The lowest BCUT2D eigenvalue weighted by Gasteiger charge is -2.26. The van der Waals surface area contributed by atoms with Crippen LogP contribution < -0.4 is 21.7 Å². The average Bonchev–Trinajstić information content (AvgIpc) is 3.42. The SMILES string of the molecule is CC(C)(N)C(=O)N[C@@H](Cc1c[nH]c2ccccc12)C(=O)N[C@H](Cc1c[nH]c2ccccc12)NC=O. The van der Waals surface area contributed by atoms with Crippen LogP contribution in [0.4, 0.5) is 0 Å². The minimum atomic E-state index is -1.16. The van der Waals surface area contributed by atoms with E-state index >= 15 is 0 Å². The van der Waals surface area contributed by atoms with Crippen LogP contribution in [0.2, 0.25) is 0 Å². The molecule has 35 heavy (non-hydrogen) atoms. The number of aromatic amines is 2. The first-order chi connectivity index (χ1) is 16.8.